The second-order valence-corrected chi connectivity index (χ2v) is 5.26. The minimum absolute atomic E-state index is 0.0746. The summed E-state index contributed by atoms with van der Waals surface area (Å²) in [6.45, 7) is 5.97. The monoisotopic (exact) mass is 308 g/mol. The summed E-state index contributed by atoms with van der Waals surface area (Å²) in [4.78, 5) is 27.2. The number of nitrogens with one attached hydrogen (secondary N) is 2. The van der Waals surface area contributed by atoms with Gasteiger partial charge in [0.15, 0.2) is 10.8 Å². The summed E-state index contributed by atoms with van der Waals surface area (Å²) < 4.78 is 1.77. The molecule has 2 rings (SSSR count). The van der Waals surface area contributed by atoms with Crippen LogP contribution in [0, 0.1) is 13.8 Å². The van der Waals surface area contributed by atoms with Crippen LogP contribution >= 0.6 is 11.8 Å². The first-order valence-corrected chi connectivity index (χ1v) is 7.39. The molecule has 0 aromatic carbocycles. The van der Waals surface area contributed by atoms with Crippen molar-refractivity contribution in [3.63, 3.8) is 0 Å². The molecule has 0 atom stereocenters. The first-order valence-electron chi connectivity index (χ1n) is 6.41. The van der Waals surface area contributed by atoms with E-state index in [9.17, 15) is 9.59 Å². The zero-order chi connectivity index (χ0) is 15.4. The van der Waals surface area contributed by atoms with Crippen LogP contribution in [0.2, 0.25) is 0 Å². The molecule has 2 heterocycles. The molecular weight excluding hydrogens is 292 g/mol. The summed E-state index contributed by atoms with van der Waals surface area (Å²) in [5, 5.41) is 13.4. The number of nitrogens with zero attached hydrogens (tertiary/aromatic N) is 4. The van der Waals surface area contributed by atoms with E-state index in [2.05, 4.69) is 25.8 Å². The highest BCUT2D eigenvalue weighted by atomic mass is 32.2. The van der Waals surface area contributed by atoms with Crippen molar-refractivity contribution in [3.05, 3.63) is 17.6 Å². The third-order valence-corrected chi connectivity index (χ3v) is 3.51. The van der Waals surface area contributed by atoms with Crippen LogP contribution in [0.15, 0.2) is 11.2 Å². The molecule has 0 fully saturated rings. The van der Waals surface area contributed by atoms with Crippen molar-refractivity contribution in [2.45, 2.75) is 25.9 Å². The Hall–Kier alpha value is -2.16. The number of thioether (sulfide) groups is 1. The fourth-order valence-corrected chi connectivity index (χ4v) is 2.58. The van der Waals surface area contributed by atoms with E-state index >= 15 is 0 Å². The molecule has 0 aliphatic rings. The fraction of sp³-hybridized carbons (Fsp3) is 0.417. The molecule has 0 aliphatic carbocycles. The summed E-state index contributed by atoms with van der Waals surface area (Å²) in [6.07, 6.45) is 0. The average Bonchev–Trinajstić information content (AvgIpc) is 2.79. The van der Waals surface area contributed by atoms with Gasteiger partial charge in [-0.05, 0) is 20.8 Å². The highest BCUT2D eigenvalue weighted by Crippen LogP contribution is 2.18. The Morgan fingerprint density at radius 3 is 2.81 bits per heavy atom. The second-order valence-electron chi connectivity index (χ2n) is 4.32. The Morgan fingerprint density at radius 1 is 1.33 bits per heavy atom. The normalized spacial score (nSPS) is 10.6. The first kappa shape index (κ1) is 15.2. The van der Waals surface area contributed by atoms with Crippen molar-refractivity contribution in [1.82, 2.24) is 30.2 Å². The Kier molecular flexibility index (Phi) is 4.73. The lowest BCUT2D eigenvalue weighted by atomic mass is 10.4. The summed E-state index contributed by atoms with van der Waals surface area (Å²) in [7, 11) is 0. The standard InChI is InChI=1S/C12H16N6O2S/c1-4-13-11(20)15-10(19)6-21-12-17-16-9-5-7(2)14-8(3)18(9)12/h5H,4,6H2,1-3H3,(H2,13,15,19,20). The van der Waals surface area contributed by atoms with Gasteiger partial charge in [0.1, 0.15) is 5.82 Å². The number of aromatic nitrogens is 4. The molecule has 0 spiro atoms. The number of carbonyl (C=O) groups excluding carboxylic acids is 2. The minimum atomic E-state index is -0.498. The number of rotatable bonds is 4. The van der Waals surface area contributed by atoms with Crippen LogP contribution in [0.5, 0.6) is 0 Å². The van der Waals surface area contributed by atoms with Gasteiger partial charge >= 0.3 is 6.03 Å². The highest BCUT2D eigenvalue weighted by Gasteiger charge is 2.13. The van der Waals surface area contributed by atoms with Crippen molar-refractivity contribution >= 4 is 29.3 Å². The maximum atomic E-state index is 11.6. The Labute approximate surface area is 125 Å². The van der Waals surface area contributed by atoms with Crippen molar-refractivity contribution in [3.8, 4) is 0 Å². The number of carbonyl (C=O) groups is 2. The van der Waals surface area contributed by atoms with Gasteiger partial charge in [0.2, 0.25) is 5.91 Å². The number of hydrogen-bond acceptors (Lipinski definition) is 6. The number of amides is 3. The molecule has 0 saturated heterocycles. The molecule has 0 aliphatic heterocycles. The quantitative estimate of drug-likeness (QED) is 0.805. The molecular formula is C12H16N6O2S. The molecule has 8 nitrogen and oxygen atoms in total. The SMILES string of the molecule is CCNC(=O)NC(=O)CSc1nnc2cc(C)nc(C)n12. The van der Waals surface area contributed by atoms with E-state index in [4.69, 9.17) is 0 Å². The molecule has 2 N–H and O–H groups in total. The van der Waals surface area contributed by atoms with Crippen molar-refractivity contribution in [1.29, 1.82) is 0 Å². The number of fused-ring (bicyclic) bond motifs is 1. The van der Waals surface area contributed by atoms with Crippen LogP contribution in [-0.2, 0) is 4.79 Å². The van der Waals surface area contributed by atoms with E-state index in [1.54, 1.807) is 11.3 Å². The molecule has 112 valence electrons. The van der Waals surface area contributed by atoms with E-state index in [0.717, 1.165) is 11.5 Å². The van der Waals surface area contributed by atoms with Crippen molar-refractivity contribution in [2.24, 2.45) is 0 Å². The van der Waals surface area contributed by atoms with Crippen molar-refractivity contribution in [2.75, 3.05) is 12.3 Å². The molecule has 0 unspecified atom stereocenters. The lowest BCUT2D eigenvalue weighted by molar-refractivity contribution is -0.117. The second kappa shape index (κ2) is 6.53. The van der Waals surface area contributed by atoms with Gasteiger partial charge in [-0.3, -0.25) is 14.5 Å². The molecule has 0 radical (unpaired) electrons. The van der Waals surface area contributed by atoms with Crippen LogP contribution in [-0.4, -0.2) is 43.8 Å². The largest absolute Gasteiger partial charge is 0.338 e. The zero-order valence-electron chi connectivity index (χ0n) is 12.0. The number of urea groups is 1. The van der Waals surface area contributed by atoms with Gasteiger partial charge in [-0.25, -0.2) is 9.78 Å². The van der Waals surface area contributed by atoms with Gasteiger partial charge in [-0.1, -0.05) is 11.8 Å². The number of hydrogen-bond donors (Lipinski definition) is 2. The van der Waals surface area contributed by atoms with E-state index in [1.165, 1.54) is 11.8 Å². The number of imide groups is 1. The van der Waals surface area contributed by atoms with Crippen LogP contribution in [0.25, 0.3) is 5.65 Å². The fourth-order valence-electron chi connectivity index (χ4n) is 1.79. The first-order chi connectivity index (χ1) is 10.0. The predicted octanol–water partition coefficient (Wildman–Crippen LogP) is 0.679. The molecule has 0 bridgehead atoms. The smallest absolute Gasteiger partial charge is 0.321 e. The Bertz CT molecular complexity index is 684. The van der Waals surface area contributed by atoms with E-state index in [1.807, 2.05) is 19.9 Å². The summed E-state index contributed by atoms with van der Waals surface area (Å²) >= 11 is 1.20. The maximum Gasteiger partial charge on any atom is 0.321 e. The maximum absolute atomic E-state index is 11.6. The molecule has 0 saturated carbocycles. The van der Waals surface area contributed by atoms with Gasteiger partial charge in [0.25, 0.3) is 0 Å². The van der Waals surface area contributed by atoms with E-state index < -0.39 is 6.03 Å². The minimum Gasteiger partial charge on any atom is -0.338 e. The molecule has 21 heavy (non-hydrogen) atoms. The summed E-state index contributed by atoms with van der Waals surface area (Å²) in [5.74, 6) is 0.438. The van der Waals surface area contributed by atoms with Gasteiger partial charge < -0.3 is 5.32 Å². The third-order valence-electron chi connectivity index (χ3n) is 2.58. The lowest BCUT2D eigenvalue weighted by Crippen LogP contribution is -2.40. The van der Waals surface area contributed by atoms with Crippen molar-refractivity contribution < 1.29 is 9.59 Å². The molecule has 9 heteroatoms. The predicted molar refractivity (Wildman–Crippen MR) is 78.2 cm³/mol. The topological polar surface area (TPSA) is 101 Å². The van der Waals surface area contributed by atoms with Crippen LogP contribution in [0.4, 0.5) is 4.79 Å². The lowest BCUT2D eigenvalue weighted by Gasteiger charge is -2.05. The highest BCUT2D eigenvalue weighted by molar-refractivity contribution is 7.99. The summed E-state index contributed by atoms with van der Waals surface area (Å²) in [5.41, 5.74) is 1.55. The Balaban J connectivity index is 2.04. The molecule has 2 aromatic rings. The van der Waals surface area contributed by atoms with Gasteiger partial charge in [-0.2, -0.15) is 0 Å². The average molecular weight is 308 g/mol. The van der Waals surface area contributed by atoms with Gasteiger partial charge in [0.05, 0.1) is 5.75 Å². The Morgan fingerprint density at radius 2 is 2.10 bits per heavy atom. The van der Waals surface area contributed by atoms with Gasteiger partial charge in [0, 0.05) is 18.3 Å². The van der Waals surface area contributed by atoms with Gasteiger partial charge in [-0.15, -0.1) is 10.2 Å². The van der Waals surface area contributed by atoms with Crippen LogP contribution < -0.4 is 10.6 Å². The van der Waals surface area contributed by atoms with Crippen LogP contribution in [0.1, 0.15) is 18.4 Å². The number of aryl methyl sites for hydroxylation is 2. The summed E-state index contributed by atoms with van der Waals surface area (Å²) in [6, 6.07) is 1.32. The molecule has 2 aromatic heterocycles. The molecule has 3 amide bonds. The van der Waals surface area contributed by atoms with Crippen LogP contribution in [0.3, 0.4) is 0 Å². The van der Waals surface area contributed by atoms with E-state index in [-0.39, 0.29) is 11.7 Å². The third kappa shape index (κ3) is 3.69. The van der Waals surface area contributed by atoms with E-state index in [0.29, 0.717) is 17.3 Å². The zero-order valence-corrected chi connectivity index (χ0v) is 12.8.